The Bertz CT molecular complexity index is 3070. The Hall–Kier alpha value is -7.07. The number of rotatable bonds is 17. The van der Waals surface area contributed by atoms with Gasteiger partial charge in [-0.2, -0.15) is 0 Å². The summed E-state index contributed by atoms with van der Waals surface area (Å²) in [5, 5.41) is 1.32. The van der Waals surface area contributed by atoms with Crippen LogP contribution in [0.3, 0.4) is 0 Å². The minimum absolute atomic E-state index is 0.276. The van der Waals surface area contributed by atoms with Gasteiger partial charge < -0.3 is 9.47 Å². The topological polar surface area (TPSA) is 8.17 Å². The van der Waals surface area contributed by atoms with Gasteiger partial charge in [-0.3, -0.25) is 0 Å². The summed E-state index contributed by atoms with van der Waals surface area (Å²) in [6.45, 7) is 20.1. The average molecular weight is 919 g/mol. The van der Waals surface area contributed by atoms with E-state index >= 15 is 0 Å². The highest BCUT2D eigenvalue weighted by Gasteiger charge is 2.26. The molecule has 0 spiro atoms. The van der Waals surface area contributed by atoms with E-state index in [4.69, 9.17) is 0 Å². The molecule has 0 bridgehead atoms. The molecular formula is C66H66N2S. The molecule has 3 heteroatoms. The van der Waals surface area contributed by atoms with Crippen LogP contribution in [0.1, 0.15) is 75.8 Å². The molecule has 0 N–H and O–H groups in total. The highest BCUT2D eigenvalue weighted by Crippen LogP contribution is 2.47. The van der Waals surface area contributed by atoms with E-state index in [1.54, 1.807) is 0 Å². The van der Waals surface area contributed by atoms with Gasteiger partial charge in [-0.15, -0.1) is 0 Å². The van der Waals surface area contributed by atoms with Gasteiger partial charge in [-0.05, 0) is 131 Å². The van der Waals surface area contributed by atoms with Gasteiger partial charge in [0, 0.05) is 57.0 Å². The van der Waals surface area contributed by atoms with Crippen molar-refractivity contribution in [2.45, 2.75) is 60.3 Å². The third-order valence-corrected chi connectivity index (χ3v) is 14.8. The van der Waals surface area contributed by atoms with Crippen LogP contribution < -0.4 is 4.90 Å². The molecule has 2 unspecified atom stereocenters. The molecule has 69 heavy (non-hydrogen) atoms. The Morgan fingerprint density at radius 3 is 2.25 bits per heavy atom. The number of benzene rings is 5. The summed E-state index contributed by atoms with van der Waals surface area (Å²) in [5.41, 5.74) is 17.7. The summed E-state index contributed by atoms with van der Waals surface area (Å²) in [6.07, 6.45) is 33.0. The lowest BCUT2D eigenvalue weighted by Gasteiger charge is -2.25. The fourth-order valence-corrected chi connectivity index (χ4v) is 11.1. The maximum Gasteiger partial charge on any atom is 0.0534 e. The monoisotopic (exact) mass is 918 g/mol. The van der Waals surface area contributed by atoms with E-state index in [0.29, 0.717) is 12.5 Å². The maximum atomic E-state index is 4.12. The van der Waals surface area contributed by atoms with Crippen molar-refractivity contribution in [3.63, 3.8) is 0 Å². The fraction of sp³-hybridized carbons (Fsp3) is 0.182. The minimum atomic E-state index is 0.276. The Morgan fingerprint density at radius 1 is 0.812 bits per heavy atom. The van der Waals surface area contributed by atoms with Gasteiger partial charge in [0.25, 0.3) is 0 Å². The van der Waals surface area contributed by atoms with E-state index in [9.17, 15) is 0 Å². The zero-order chi connectivity index (χ0) is 48.1. The van der Waals surface area contributed by atoms with Gasteiger partial charge in [0.15, 0.2) is 0 Å². The number of para-hydroxylation sites is 2. The molecule has 2 heterocycles. The van der Waals surface area contributed by atoms with Crippen LogP contribution in [0.2, 0.25) is 0 Å². The van der Waals surface area contributed by atoms with Crippen LogP contribution in [0.5, 0.6) is 0 Å². The molecule has 1 aliphatic carbocycles. The SMILES string of the molecule is C=C/C=C(\C=C/CN(c1ccccc1)c1cccc(C2=CC=CC(/C(=C/CC)c3c(C)n(/C(=C/C=C4/SC(C=C)=C(/C=C\C)C4C)CC)c4ccccc34)CC2)c1)c1ccc(-c2ccccc2)cc1. The van der Waals surface area contributed by atoms with E-state index in [1.165, 1.54) is 71.1 Å². The first-order valence-electron chi connectivity index (χ1n) is 24.7. The third-order valence-electron chi connectivity index (χ3n) is 13.4. The van der Waals surface area contributed by atoms with Crippen molar-refractivity contribution in [3.8, 4) is 11.1 Å². The van der Waals surface area contributed by atoms with Crippen LogP contribution in [-0.2, 0) is 0 Å². The highest BCUT2D eigenvalue weighted by atomic mass is 32.2. The van der Waals surface area contributed by atoms with Crippen molar-refractivity contribution in [3.05, 3.63) is 263 Å². The second-order valence-electron chi connectivity index (χ2n) is 17.7. The molecule has 2 nitrogen and oxygen atoms in total. The lowest BCUT2D eigenvalue weighted by molar-refractivity contribution is 0.748. The van der Waals surface area contributed by atoms with E-state index < -0.39 is 0 Å². The zero-order valence-electron chi connectivity index (χ0n) is 41.1. The van der Waals surface area contributed by atoms with Crippen LogP contribution in [0, 0.1) is 18.8 Å². The van der Waals surface area contributed by atoms with Crippen molar-refractivity contribution >= 4 is 56.5 Å². The Balaban J connectivity index is 1.03. The normalized spacial score (nSPS) is 17.6. The summed E-state index contributed by atoms with van der Waals surface area (Å²) < 4.78 is 2.52. The second kappa shape index (κ2) is 23.3. The van der Waals surface area contributed by atoms with Gasteiger partial charge in [0.05, 0.1) is 5.52 Å². The molecule has 5 aromatic carbocycles. The molecule has 0 amide bonds. The molecule has 2 atom stereocenters. The summed E-state index contributed by atoms with van der Waals surface area (Å²) in [4.78, 5) is 5.02. The van der Waals surface area contributed by atoms with Crippen molar-refractivity contribution in [1.82, 2.24) is 4.57 Å². The molecule has 0 radical (unpaired) electrons. The predicted octanol–water partition coefficient (Wildman–Crippen LogP) is 19.0. The van der Waals surface area contributed by atoms with Gasteiger partial charge >= 0.3 is 0 Å². The minimum Gasteiger partial charge on any atom is -0.338 e. The summed E-state index contributed by atoms with van der Waals surface area (Å²) in [6, 6.07) is 48.2. The molecule has 1 aliphatic heterocycles. The lowest BCUT2D eigenvalue weighted by Crippen LogP contribution is -2.17. The standard InChI is InChI=1S/C66H66N2S/c1-8-24-50(53-38-40-54(41-39-53)51-27-15-13-16-28-51)32-23-46-67(58-33-17-14-18-34-58)59-35-22-31-56(47-59)52-29-21-30-55(43-42-52)61(26-10-3)66-49(7)68(63-37-20-19-36-62(63)66)57(11-4)44-45-65-48(6)60(25-9-2)64(12-5)69-65/h8-9,12-41,44-45,47-48,55H,1,5,10-11,42-43,46H2,2-4,6-7H3/b25-9-,32-23-,50-24+,57-44+,61-26-,65-45+. The van der Waals surface area contributed by atoms with Crippen LogP contribution in [-0.4, -0.2) is 11.1 Å². The summed E-state index contributed by atoms with van der Waals surface area (Å²) >= 11 is 1.85. The molecule has 0 saturated carbocycles. The molecule has 2 aliphatic rings. The molecule has 0 fully saturated rings. The quantitative estimate of drug-likeness (QED) is 0.0843. The summed E-state index contributed by atoms with van der Waals surface area (Å²) in [7, 11) is 0. The molecule has 6 aromatic rings. The predicted molar refractivity (Wildman–Crippen MR) is 305 cm³/mol. The number of hydrogen-bond donors (Lipinski definition) is 0. The number of allylic oxidation sites excluding steroid dienone is 18. The smallest absolute Gasteiger partial charge is 0.0534 e. The van der Waals surface area contributed by atoms with Crippen molar-refractivity contribution in [1.29, 1.82) is 0 Å². The number of anilines is 2. The van der Waals surface area contributed by atoms with Crippen molar-refractivity contribution < 1.29 is 0 Å². The van der Waals surface area contributed by atoms with E-state index in [2.05, 4.69) is 258 Å². The first kappa shape index (κ1) is 48.4. The van der Waals surface area contributed by atoms with Crippen LogP contribution in [0.4, 0.5) is 11.4 Å². The van der Waals surface area contributed by atoms with Crippen molar-refractivity contribution in [2.24, 2.45) is 11.8 Å². The van der Waals surface area contributed by atoms with E-state index in [1.807, 2.05) is 23.9 Å². The van der Waals surface area contributed by atoms with Crippen molar-refractivity contribution in [2.75, 3.05) is 11.4 Å². The highest BCUT2D eigenvalue weighted by molar-refractivity contribution is 8.07. The average Bonchev–Trinajstić information content (AvgIpc) is 3.71. The zero-order valence-corrected chi connectivity index (χ0v) is 41.9. The number of hydrogen-bond acceptors (Lipinski definition) is 2. The number of thioether (sulfide) groups is 1. The van der Waals surface area contributed by atoms with Gasteiger partial charge in [0.1, 0.15) is 0 Å². The first-order valence-corrected chi connectivity index (χ1v) is 25.5. The lowest BCUT2D eigenvalue weighted by atomic mass is 9.86. The molecular weight excluding hydrogens is 853 g/mol. The van der Waals surface area contributed by atoms with Crippen LogP contribution in [0.25, 0.3) is 44.4 Å². The third kappa shape index (κ3) is 11.0. The van der Waals surface area contributed by atoms with Gasteiger partial charge in [-0.1, -0.05) is 216 Å². The fourth-order valence-electron chi connectivity index (χ4n) is 9.96. The van der Waals surface area contributed by atoms with Crippen LogP contribution in [0.15, 0.2) is 241 Å². The number of fused-ring (bicyclic) bond motifs is 1. The van der Waals surface area contributed by atoms with E-state index in [-0.39, 0.29) is 5.92 Å². The first-order chi connectivity index (χ1) is 33.9. The Morgan fingerprint density at radius 2 is 1.52 bits per heavy atom. The Kier molecular flexibility index (Phi) is 16.3. The number of nitrogens with zero attached hydrogens (tertiary/aromatic N) is 2. The Labute approximate surface area is 416 Å². The van der Waals surface area contributed by atoms with Gasteiger partial charge in [0.2, 0.25) is 0 Å². The second-order valence-corrected chi connectivity index (χ2v) is 18.8. The summed E-state index contributed by atoms with van der Waals surface area (Å²) in [5.74, 6) is 0.617. The van der Waals surface area contributed by atoms with Crippen LogP contribution >= 0.6 is 11.8 Å². The molecule has 8 rings (SSSR count). The number of aromatic nitrogens is 1. The maximum absolute atomic E-state index is 4.12. The molecule has 346 valence electrons. The van der Waals surface area contributed by atoms with E-state index in [0.717, 1.165) is 48.2 Å². The largest absolute Gasteiger partial charge is 0.338 e. The molecule has 1 aromatic heterocycles. The molecule has 0 saturated heterocycles. The van der Waals surface area contributed by atoms with Gasteiger partial charge in [-0.25, -0.2) is 0 Å².